The highest BCUT2D eigenvalue weighted by atomic mass is 19.4. The van der Waals surface area contributed by atoms with Crippen molar-refractivity contribution in [2.45, 2.75) is 44.8 Å². The number of imidazole rings is 1. The minimum absolute atomic E-state index is 0.110. The van der Waals surface area contributed by atoms with Gasteiger partial charge in [0.15, 0.2) is 5.65 Å². The number of anilines is 1. The van der Waals surface area contributed by atoms with Gasteiger partial charge in [0.05, 0.1) is 36.1 Å². The number of nitrogens with zero attached hydrogens (tertiary/aromatic N) is 2. The first-order valence-corrected chi connectivity index (χ1v) is 13.6. The van der Waals surface area contributed by atoms with Gasteiger partial charge in [-0.05, 0) is 67.6 Å². The van der Waals surface area contributed by atoms with E-state index < -0.39 is 18.1 Å². The van der Waals surface area contributed by atoms with Crippen LogP contribution < -0.4 is 16.0 Å². The first kappa shape index (κ1) is 29.1. The molecule has 0 radical (unpaired) electrons. The number of benzene rings is 2. The monoisotopic (exact) mass is 579 g/mol. The molecule has 220 valence electrons. The SMILES string of the molecule is CNC(=O)c1ccc(-c2cnc3c(NCCC(F)(F)F)cc(-c4ccc(C(=O)NC5(CO)CC5)c(C)c4)cn23)cc1C. The van der Waals surface area contributed by atoms with Gasteiger partial charge in [-0.3, -0.25) is 14.0 Å². The number of fused-ring (bicyclic) bond motifs is 1. The molecule has 0 atom stereocenters. The number of rotatable bonds is 9. The first-order valence-electron chi connectivity index (χ1n) is 13.6. The zero-order valence-corrected chi connectivity index (χ0v) is 23.5. The number of aromatic nitrogens is 2. The van der Waals surface area contributed by atoms with Crippen molar-refractivity contribution in [1.82, 2.24) is 20.0 Å². The number of aliphatic hydroxyl groups excluding tert-OH is 1. The van der Waals surface area contributed by atoms with Crippen molar-refractivity contribution >= 4 is 23.1 Å². The van der Waals surface area contributed by atoms with E-state index in [-0.39, 0.29) is 25.0 Å². The van der Waals surface area contributed by atoms with Crippen LogP contribution in [0.2, 0.25) is 0 Å². The van der Waals surface area contributed by atoms with Crippen molar-refractivity contribution in [3.8, 4) is 22.4 Å². The summed E-state index contributed by atoms with van der Waals surface area (Å²) < 4.78 is 40.6. The highest BCUT2D eigenvalue weighted by Crippen LogP contribution is 2.36. The Kier molecular flexibility index (Phi) is 7.72. The minimum Gasteiger partial charge on any atom is -0.394 e. The number of pyridine rings is 1. The van der Waals surface area contributed by atoms with Crippen molar-refractivity contribution in [2.24, 2.45) is 0 Å². The summed E-state index contributed by atoms with van der Waals surface area (Å²) in [5, 5.41) is 18.0. The fraction of sp³-hybridized carbons (Fsp3) is 0.323. The molecule has 2 amide bonds. The van der Waals surface area contributed by atoms with E-state index in [4.69, 9.17) is 0 Å². The standard InChI is InChI=1S/C31H32F3N5O3/c1-18-12-20(4-6-24(18)29(42)38-30(17-40)8-9-30)22-14-25(36-11-10-31(32,33)34)27-37-15-26(39(27)16-22)21-5-7-23(19(2)13-21)28(41)35-3/h4-7,12-16,36,40H,8-11,17H2,1-3H3,(H,35,41)(H,38,42). The molecule has 0 aliphatic heterocycles. The smallest absolute Gasteiger partial charge is 0.390 e. The molecule has 0 bridgehead atoms. The first-order chi connectivity index (χ1) is 19.9. The van der Waals surface area contributed by atoms with Crippen LogP contribution in [0.3, 0.4) is 0 Å². The lowest BCUT2D eigenvalue weighted by Crippen LogP contribution is -2.39. The number of aryl methyl sites for hydroxylation is 2. The second-order valence-electron chi connectivity index (χ2n) is 10.8. The summed E-state index contributed by atoms with van der Waals surface area (Å²) >= 11 is 0. The molecule has 42 heavy (non-hydrogen) atoms. The number of hydrogen-bond acceptors (Lipinski definition) is 5. The highest BCUT2D eigenvalue weighted by Gasteiger charge is 2.43. The van der Waals surface area contributed by atoms with E-state index in [0.29, 0.717) is 33.7 Å². The molecule has 2 aromatic carbocycles. The molecule has 1 saturated carbocycles. The third-order valence-electron chi connectivity index (χ3n) is 7.66. The Morgan fingerprint density at radius 3 is 2.21 bits per heavy atom. The van der Waals surface area contributed by atoms with Crippen LogP contribution in [-0.2, 0) is 0 Å². The van der Waals surface area contributed by atoms with E-state index in [0.717, 1.165) is 35.1 Å². The van der Waals surface area contributed by atoms with Crippen LogP contribution >= 0.6 is 0 Å². The van der Waals surface area contributed by atoms with Crippen LogP contribution in [0, 0.1) is 13.8 Å². The van der Waals surface area contributed by atoms with E-state index in [9.17, 15) is 27.9 Å². The Labute approximate surface area is 241 Å². The molecule has 2 aromatic heterocycles. The Balaban J connectivity index is 1.55. The topological polar surface area (TPSA) is 108 Å². The summed E-state index contributed by atoms with van der Waals surface area (Å²) in [5.74, 6) is -0.463. The minimum atomic E-state index is -4.31. The van der Waals surface area contributed by atoms with Gasteiger partial charge >= 0.3 is 6.18 Å². The van der Waals surface area contributed by atoms with Crippen LogP contribution in [0.15, 0.2) is 54.9 Å². The zero-order chi connectivity index (χ0) is 30.2. The number of hydrogen-bond donors (Lipinski definition) is 4. The van der Waals surface area contributed by atoms with Gasteiger partial charge < -0.3 is 21.1 Å². The van der Waals surface area contributed by atoms with Gasteiger partial charge in [0, 0.05) is 42.0 Å². The van der Waals surface area contributed by atoms with Crippen LogP contribution in [0.25, 0.3) is 28.0 Å². The molecule has 11 heteroatoms. The molecule has 1 aliphatic carbocycles. The molecular weight excluding hydrogens is 547 g/mol. The predicted molar refractivity (Wildman–Crippen MR) is 155 cm³/mol. The fourth-order valence-corrected chi connectivity index (χ4v) is 5.02. The lowest BCUT2D eigenvalue weighted by molar-refractivity contribution is -0.131. The maximum Gasteiger partial charge on any atom is 0.390 e. The van der Waals surface area contributed by atoms with Crippen molar-refractivity contribution in [1.29, 1.82) is 0 Å². The summed E-state index contributed by atoms with van der Waals surface area (Å²) in [4.78, 5) is 29.6. The third-order valence-corrected chi connectivity index (χ3v) is 7.66. The van der Waals surface area contributed by atoms with Gasteiger partial charge in [-0.2, -0.15) is 13.2 Å². The van der Waals surface area contributed by atoms with Crippen molar-refractivity contribution in [3.63, 3.8) is 0 Å². The number of nitrogens with one attached hydrogen (secondary N) is 3. The van der Waals surface area contributed by atoms with Gasteiger partial charge in [0.25, 0.3) is 11.8 Å². The number of amides is 2. The quantitative estimate of drug-likeness (QED) is 0.216. The van der Waals surface area contributed by atoms with E-state index in [2.05, 4.69) is 20.9 Å². The lowest BCUT2D eigenvalue weighted by Gasteiger charge is -2.17. The van der Waals surface area contributed by atoms with Gasteiger partial charge in [0.2, 0.25) is 0 Å². The second kappa shape index (κ2) is 11.1. The molecule has 5 rings (SSSR count). The van der Waals surface area contributed by atoms with E-state index in [1.165, 1.54) is 0 Å². The number of aliphatic hydroxyl groups is 1. The van der Waals surface area contributed by atoms with Crippen molar-refractivity contribution in [2.75, 3.05) is 25.5 Å². The molecule has 1 aliphatic rings. The van der Waals surface area contributed by atoms with Crippen LogP contribution in [0.1, 0.15) is 51.1 Å². The van der Waals surface area contributed by atoms with E-state index in [1.54, 1.807) is 43.6 Å². The third kappa shape index (κ3) is 5.96. The predicted octanol–water partition coefficient (Wildman–Crippen LogP) is 5.26. The maximum atomic E-state index is 12.9. The van der Waals surface area contributed by atoms with Gasteiger partial charge in [-0.1, -0.05) is 18.2 Å². The fourth-order valence-electron chi connectivity index (χ4n) is 5.02. The van der Waals surface area contributed by atoms with Crippen molar-refractivity contribution < 1.29 is 27.9 Å². The van der Waals surface area contributed by atoms with E-state index >= 15 is 0 Å². The summed E-state index contributed by atoms with van der Waals surface area (Å²) in [6.07, 6.45) is -0.344. The maximum absolute atomic E-state index is 12.9. The molecule has 1 fully saturated rings. The Hall–Kier alpha value is -4.38. The summed E-state index contributed by atoms with van der Waals surface area (Å²) in [6, 6.07) is 12.5. The van der Waals surface area contributed by atoms with Crippen molar-refractivity contribution in [3.05, 3.63) is 77.1 Å². The lowest BCUT2D eigenvalue weighted by atomic mass is 9.99. The van der Waals surface area contributed by atoms with Gasteiger partial charge in [-0.15, -0.1) is 0 Å². The normalized spacial score (nSPS) is 14.1. The Bertz CT molecular complexity index is 1670. The average Bonchev–Trinajstić information content (AvgIpc) is 3.58. The number of carbonyl (C=O) groups excluding carboxylic acids is 2. The number of halogens is 3. The largest absolute Gasteiger partial charge is 0.394 e. The van der Waals surface area contributed by atoms with Crippen LogP contribution in [-0.4, -0.2) is 58.2 Å². The Morgan fingerprint density at radius 2 is 1.62 bits per heavy atom. The summed E-state index contributed by atoms with van der Waals surface area (Å²) in [7, 11) is 1.56. The zero-order valence-electron chi connectivity index (χ0n) is 23.5. The number of carbonyl (C=O) groups is 2. The van der Waals surface area contributed by atoms with Gasteiger partial charge in [0.1, 0.15) is 0 Å². The molecule has 0 unspecified atom stereocenters. The average molecular weight is 580 g/mol. The van der Waals surface area contributed by atoms with Gasteiger partial charge in [-0.25, -0.2) is 4.98 Å². The van der Waals surface area contributed by atoms with E-state index in [1.807, 2.05) is 36.6 Å². The van der Waals surface area contributed by atoms with Crippen LogP contribution in [0.5, 0.6) is 0 Å². The molecule has 0 spiro atoms. The summed E-state index contributed by atoms with van der Waals surface area (Å²) in [6.45, 7) is 3.22. The highest BCUT2D eigenvalue weighted by molar-refractivity contribution is 5.97. The molecule has 4 N–H and O–H groups in total. The second-order valence-corrected chi connectivity index (χ2v) is 10.8. The molecule has 0 saturated heterocycles. The molecule has 2 heterocycles. The molecular formula is C31H32F3N5O3. The van der Waals surface area contributed by atoms with Crippen LogP contribution in [0.4, 0.5) is 18.9 Å². The Morgan fingerprint density at radius 1 is 0.976 bits per heavy atom. The molecule has 8 nitrogen and oxygen atoms in total. The number of alkyl halides is 3. The molecule has 4 aromatic rings. The summed E-state index contributed by atoms with van der Waals surface area (Å²) in [5.41, 5.74) is 5.80.